The molecule has 214 valence electrons. The molecule has 1 aliphatic carbocycles. The van der Waals surface area contributed by atoms with Gasteiger partial charge in [0.15, 0.2) is 0 Å². The molecule has 2 fully saturated rings. The van der Waals surface area contributed by atoms with Crippen molar-refractivity contribution in [2.45, 2.75) is 62.3 Å². The number of aryl methyl sites for hydroxylation is 1. The standard InChI is InChI=1S/C31H32Cl2N4O3S/c1-17-28(35-18(2)29(17)31(39)37(20-8-9-20)15-19-5-4-12-34-19)14-23-22-13-21(10-11-27(22)36-30(23)38)41(40)16-24-25(32)6-3-7-26(24)33/h3,6-7,10-11,13-14,19-20,34-35H,4-5,8-9,12,15-16H2,1-2H3,(H,36,38)/t19-,41?/m1/s1. The van der Waals surface area contributed by atoms with Crippen LogP contribution in [0.25, 0.3) is 11.6 Å². The molecule has 0 bridgehead atoms. The quantitative estimate of drug-likeness (QED) is 0.269. The third-order valence-corrected chi connectivity index (χ3v) is 10.2. The van der Waals surface area contributed by atoms with Gasteiger partial charge in [-0.15, -0.1) is 0 Å². The van der Waals surface area contributed by atoms with Crippen molar-refractivity contribution in [3.05, 3.63) is 80.1 Å². The molecule has 3 heterocycles. The number of amides is 2. The van der Waals surface area contributed by atoms with E-state index in [1.807, 2.05) is 18.7 Å². The number of nitrogens with one attached hydrogen (secondary N) is 3. The summed E-state index contributed by atoms with van der Waals surface area (Å²) in [6.45, 7) is 5.56. The predicted molar refractivity (Wildman–Crippen MR) is 165 cm³/mol. The van der Waals surface area contributed by atoms with Gasteiger partial charge in [-0.25, -0.2) is 0 Å². The van der Waals surface area contributed by atoms with Crippen molar-refractivity contribution in [1.29, 1.82) is 0 Å². The van der Waals surface area contributed by atoms with E-state index < -0.39 is 10.8 Å². The average molecular weight is 612 g/mol. The number of nitrogens with zero attached hydrogens (tertiary/aromatic N) is 1. The van der Waals surface area contributed by atoms with Crippen LogP contribution in [0.2, 0.25) is 10.0 Å². The third-order valence-electron chi connectivity index (χ3n) is 8.18. The molecule has 3 aliphatic rings. The smallest absolute Gasteiger partial charge is 0.256 e. The summed E-state index contributed by atoms with van der Waals surface area (Å²) in [6, 6.07) is 11.1. The lowest BCUT2D eigenvalue weighted by Crippen LogP contribution is -2.42. The highest BCUT2D eigenvalue weighted by Gasteiger charge is 2.37. The number of halogens is 2. The van der Waals surface area contributed by atoms with E-state index in [0.717, 1.165) is 50.0 Å². The minimum atomic E-state index is -1.43. The molecule has 2 amide bonds. The van der Waals surface area contributed by atoms with Gasteiger partial charge in [0.25, 0.3) is 11.8 Å². The van der Waals surface area contributed by atoms with Gasteiger partial charge in [-0.2, -0.15) is 0 Å². The molecule has 2 aromatic carbocycles. The first-order chi connectivity index (χ1) is 19.7. The fourth-order valence-electron chi connectivity index (χ4n) is 5.80. The zero-order chi connectivity index (χ0) is 28.8. The fourth-order valence-corrected chi connectivity index (χ4v) is 7.70. The summed E-state index contributed by atoms with van der Waals surface area (Å²) < 4.78 is 13.3. The van der Waals surface area contributed by atoms with E-state index in [1.165, 1.54) is 0 Å². The third kappa shape index (κ3) is 5.63. The predicted octanol–water partition coefficient (Wildman–Crippen LogP) is 6.10. The molecular formula is C31H32Cl2N4O3S. The van der Waals surface area contributed by atoms with Gasteiger partial charge in [0.05, 0.1) is 27.7 Å². The van der Waals surface area contributed by atoms with Gasteiger partial charge in [-0.1, -0.05) is 29.3 Å². The highest BCUT2D eigenvalue weighted by atomic mass is 35.5. The summed E-state index contributed by atoms with van der Waals surface area (Å²) >= 11 is 12.6. The maximum atomic E-state index is 13.8. The van der Waals surface area contributed by atoms with Crippen molar-refractivity contribution >= 4 is 63.2 Å². The van der Waals surface area contributed by atoms with Gasteiger partial charge in [0.2, 0.25) is 0 Å². The van der Waals surface area contributed by atoms with Crippen molar-refractivity contribution in [2.24, 2.45) is 0 Å². The number of H-pyrrole nitrogens is 1. The Hall–Kier alpha value is -2.91. The molecule has 10 heteroatoms. The number of fused-ring (bicyclic) bond motifs is 1. The Bertz CT molecular complexity index is 1580. The van der Waals surface area contributed by atoms with Crippen molar-refractivity contribution < 1.29 is 13.8 Å². The number of aromatic nitrogens is 1. The number of carbonyl (C=O) groups excluding carboxylic acids is 2. The number of hydrogen-bond donors (Lipinski definition) is 3. The number of carbonyl (C=O) groups is 2. The lowest BCUT2D eigenvalue weighted by atomic mass is 10.0. The van der Waals surface area contributed by atoms with Crippen LogP contribution in [0.4, 0.5) is 5.69 Å². The summed E-state index contributed by atoms with van der Waals surface area (Å²) in [7, 11) is -1.43. The highest BCUT2D eigenvalue weighted by molar-refractivity contribution is 7.84. The van der Waals surface area contributed by atoms with Gasteiger partial charge in [0, 0.05) is 61.8 Å². The molecule has 6 rings (SSSR count). The highest BCUT2D eigenvalue weighted by Crippen LogP contribution is 2.37. The number of anilines is 1. The summed E-state index contributed by atoms with van der Waals surface area (Å²) in [4.78, 5) is 32.8. The van der Waals surface area contributed by atoms with E-state index in [0.29, 0.717) is 60.7 Å². The molecular weight excluding hydrogens is 579 g/mol. The first-order valence-corrected chi connectivity index (χ1v) is 16.0. The van der Waals surface area contributed by atoms with Crippen LogP contribution in [-0.2, 0) is 21.3 Å². The SMILES string of the molecule is Cc1[nH]c(C=C2C(=O)Nc3ccc(S(=O)Cc4c(Cl)cccc4Cl)cc32)c(C)c1C(=O)N(C[C@H]1CCCN1)C1CC1. The maximum absolute atomic E-state index is 13.8. The zero-order valence-corrected chi connectivity index (χ0v) is 25.3. The minimum Gasteiger partial charge on any atom is -0.358 e. The molecule has 0 spiro atoms. The van der Waals surface area contributed by atoms with Gasteiger partial charge < -0.3 is 20.5 Å². The average Bonchev–Trinajstić information content (AvgIpc) is 3.45. The Morgan fingerprint density at radius 3 is 2.56 bits per heavy atom. The normalized spacial score (nSPS) is 19.9. The second kappa shape index (κ2) is 11.4. The zero-order valence-electron chi connectivity index (χ0n) is 23.0. The monoisotopic (exact) mass is 610 g/mol. The van der Waals surface area contributed by atoms with Crippen LogP contribution in [-0.4, -0.2) is 51.1 Å². The van der Waals surface area contributed by atoms with Crippen LogP contribution >= 0.6 is 23.2 Å². The van der Waals surface area contributed by atoms with E-state index >= 15 is 0 Å². The molecule has 0 radical (unpaired) electrons. The first kappa shape index (κ1) is 28.2. The molecule has 1 aromatic heterocycles. The van der Waals surface area contributed by atoms with Gasteiger partial charge in [0.1, 0.15) is 0 Å². The van der Waals surface area contributed by atoms with Crippen molar-refractivity contribution in [1.82, 2.24) is 15.2 Å². The first-order valence-electron chi connectivity index (χ1n) is 13.9. The molecule has 3 N–H and O–H groups in total. The van der Waals surface area contributed by atoms with Crippen LogP contribution in [0.15, 0.2) is 41.3 Å². The van der Waals surface area contributed by atoms with E-state index in [9.17, 15) is 13.8 Å². The van der Waals surface area contributed by atoms with E-state index in [1.54, 1.807) is 42.5 Å². The topological polar surface area (TPSA) is 94.3 Å². The summed E-state index contributed by atoms with van der Waals surface area (Å²) in [5.74, 6) is -0.0424. The van der Waals surface area contributed by atoms with Crippen LogP contribution in [0.1, 0.15) is 64.1 Å². The Balaban J connectivity index is 1.29. The Labute approximate surface area is 252 Å². The number of hydrogen-bond acceptors (Lipinski definition) is 4. The molecule has 1 saturated carbocycles. The molecule has 2 aliphatic heterocycles. The molecule has 1 saturated heterocycles. The molecule has 41 heavy (non-hydrogen) atoms. The van der Waals surface area contributed by atoms with Crippen molar-refractivity contribution in [2.75, 3.05) is 18.4 Å². The summed E-state index contributed by atoms with van der Waals surface area (Å²) in [5, 5.41) is 7.35. The lowest BCUT2D eigenvalue weighted by molar-refractivity contribution is -0.110. The Morgan fingerprint density at radius 2 is 1.88 bits per heavy atom. The Kier molecular flexibility index (Phi) is 7.85. The fraction of sp³-hybridized carbons (Fsp3) is 0.355. The van der Waals surface area contributed by atoms with Crippen molar-refractivity contribution in [3.8, 4) is 0 Å². The molecule has 2 atom stereocenters. The summed E-state index contributed by atoms with van der Waals surface area (Å²) in [5.41, 5.74) is 5.38. The van der Waals surface area contributed by atoms with E-state index in [4.69, 9.17) is 23.2 Å². The van der Waals surface area contributed by atoms with Gasteiger partial charge in [-0.3, -0.25) is 13.8 Å². The minimum absolute atomic E-state index is 0.0456. The number of rotatable bonds is 8. The lowest BCUT2D eigenvalue weighted by Gasteiger charge is -2.26. The van der Waals surface area contributed by atoms with Crippen LogP contribution in [0.3, 0.4) is 0 Å². The maximum Gasteiger partial charge on any atom is 0.256 e. The van der Waals surface area contributed by atoms with Gasteiger partial charge in [-0.05, 0) is 88.0 Å². The van der Waals surface area contributed by atoms with E-state index in [-0.39, 0.29) is 17.6 Å². The van der Waals surface area contributed by atoms with Crippen LogP contribution in [0, 0.1) is 13.8 Å². The molecule has 3 aromatic rings. The second-order valence-electron chi connectivity index (χ2n) is 11.1. The van der Waals surface area contributed by atoms with E-state index in [2.05, 4.69) is 15.6 Å². The number of aromatic amines is 1. The molecule has 7 nitrogen and oxygen atoms in total. The second-order valence-corrected chi connectivity index (χ2v) is 13.3. The Morgan fingerprint density at radius 1 is 1.12 bits per heavy atom. The van der Waals surface area contributed by atoms with Crippen LogP contribution in [0.5, 0.6) is 0 Å². The summed E-state index contributed by atoms with van der Waals surface area (Å²) in [6.07, 6.45) is 6.11. The molecule has 1 unspecified atom stereocenters. The largest absolute Gasteiger partial charge is 0.358 e. The van der Waals surface area contributed by atoms with Crippen molar-refractivity contribution in [3.63, 3.8) is 0 Å². The van der Waals surface area contributed by atoms with Crippen LogP contribution < -0.4 is 10.6 Å². The number of benzene rings is 2. The van der Waals surface area contributed by atoms with Gasteiger partial charge >= 0.3 is 0 Å².